The smallest absolute Gasteiger partial charge is 0.250 e. The van der Waals surface area contributed by atoms with E-state index >= 15 is 0 Å². The number of benzene rings is 1. The number of piperidine rings is 1. The van der Waals surface area contributed by atoms with Gasteiger partial charge in [0.1, 0.15) is 0 Å². The average molecular weight is 415 g/mol. The zero-order valence-electron chi connectivity index (χ0n) is 17.6. The maximum atomic E-state index is 12.7. The number of aromatic nitrogens is 2. The minimum Gasteiger partial charge on any atom is -0.326 e. The summed E-state index contributed by atoms with van der Waals surface area (Å²) in [5.74, 6) is 0.706. The fraction of sp³-hybridized carbons (Fsp3) is 0.320. The summed E-state index contributed by atoms with van der Waals surface area (Å²) in [6.07, 6.45) is 2.96. The number of amides is 1. The van der Waals surface area contributed by atoms with Gasteiger partial charge in [0, 0.05) is 68.2 Å². The van der Waals surface area contributed by atoms with E-state index in [2.05, 4.69) is 21.3 Å². The van der Waals surface area contributed by atoms with Crippen molar-refractivity contribution in [1.82, 2.24) is 14.5 Å². The third-order valence-electron chi connectivity index (χ3n) is 6.29. The SMILES string of the molecule is CC(=O)Nc1ccc(-c2ccc(=O)n3c2C2CC(CN(Cc4ccccn4)C2)C3)cc1. The van der Waals surface area contributed by atoms with Gasteiger partial charge in [0.05, 0.1) is 5.69 Å². The second-order valence-electron chi connectivity index (χ2n) is 8.65. The van der Waals surface area contributed by atoms with Gasteiger partial charge in [-0.2, -0.15) is 0 Å². The summed E-state index contributed by atoms with van der Waals surface area (Å²) in [5.41, 5.74) is 5.26. The van der Waals surface area contributed by atoms with Gasteiger partial charge in [0.15, 0.2) is 0 Å². The quantitative estimate of drug-likeness (QED) is 0.710. The molecule has 1 aromatic carbocycles. The van der Waals surface area contributed by atoms with Crippen molar-refractivity contribution in [3.63, 3.8) is 0 Å². The Bertz CT molecular complexity index is 1150. The van der Waals surface area contributed by atoms with Gasteiger partial charge in [0.2, 0.25) is 5.91 Å². The van der Waals surface area contributed by atoms with E-state index in [1.807, 2.05) is 53.2 Å². The number of hydrogen-bond acceptors (Lipinski definition) is 4. The van der Waals surface area contributed by atoms with Crippen LogP contribution >= 0.6 is 0 Å². The number of carbonyl (C=O) groups excluding carboxylic acids is 1. The molecular formula is C25H26N4O2. The molecule has 1 saturated heterocycles. The van der Waals surface area contributed by atoms with Gasteiger partial charge >= 0.3 is 0 Å². The highest BCUT2D eigenvalue weighted by Gasteiger charge is 2.36. The van der Waals surface area contributed by atoms with Crippen molar-refractivity contribution < 1.29 is 4.79 Å². The molecule has 31 heavy (non-hydrogen) atoms. The molecule has 0 radical (unpaired) electrons. The van der Waals surface area contributed by atoms with Crippen LogP contribution in [0.4, 0.5) is 5.69 Å². The molecule has 2 aliphatic rings. The summed E-state index contributed by atoms with van der Waals surface area (Å²) < 4.78 is 1.99. The number of carbonyl (C=O) groups is 1. The summed E-state index contributed by atoms with van der Waals surface area (Å²) in [6.45, 7) is 5.03. The normalized spacial score (nSPS) is 20.2. The van der Waals surface area contributed by atoms with E-state index in [4.69, 9.17) is 0 Å². The number of rotatable bonds is 4. The molecule has 1 N–H and O–H groups in total. The van der Waals surface area contributed by atoms with Crippen LogP contribution in [0.25, 0.3) is 11.1 Å². The molecule has 2 bridgehead atoms. The Kier molecular flexibility index (Phi) is 5.16. The van der Waals surface area contributed by atoms with Gasteiger partial charge in [-0.15, -0.1) is 0 Å². The molecule has 1 fully saturated rings. The zero-order valence-corrected chi connectivity index (χ0v) is 17.6. The first-order valence-corrected chi connectivity index (χ1v) is 10.8. The van der Waals surface area contributed by atoms with Crippen LogP contribution in [0.5, 0.6) is 0 Å². The molecule has 6 heteroatoms. The van der Waals surface area contributed by atoms with Crippen LogP contribution in [0.2, 0.25) is 0 Å². The van der Waals surface area contributed by atoms with E-state index in [-0.39, 0.29) is 11.5 Å². The maximum absolute atomic E-state index is 12.7. The molecule has 4 heterocycles. The monoisotopic (exact) mass is 414 g/mol. The standard InChI is InChI=1S/C25H26N4O2/c1-17(30)27-21-7-5-19(6-8-21)23-9-10-24(31)29-14-18-12-20(25(23)29)15-28(13-18)16-22-4-2-3-11-26-22/h2-11,18,20H,12-16H2,1H3,(H,27,30). The Morgan fingerprint density at radius 1 is 1.06 bits per heavy atom. The van der Waals surface area contributed by atoms with Crippen molar-refractivity contribution in [3.05, 3.63) is 82.5 Å². The fourth-order valence-electron chi connectivity index (χ4n) is 5.14. The first-order valence-electron chi connectivity index (χ1n) is 10.8. The second-order valence-corrected chi connectivity index (χ2v) is 8.65. The predicted octanol–water partition coefficient (Wildman–Crippen LogP) is 3.49. The topological polar surface area (TPSA) is 67.2 Å². The lowest BCUT2D eigenvalue weighted by atomic mass is 9.80. The van der Waals surface area contributed by atoms with Crippen LogP contribution in [-0.2, 0) is 17.9 Å². The minimum atomic E-state index is -0.0855. The average Bonchev–Trinajstić information content (AvgIpc) is 2.75. The van der Waals surface area contributed by atoms with Crippen molar-refractivity contribution in [2.24, 2.45) is 5.92 Å². The Balaban J connectivity index is 1.47. The Labute approximate surface area is 181 Å². The molecule has 2 aliphatic heterocycles. The molecule has 0 aliphatic carbocycles. The largest absolute Gasteiger partial charge is 0.326 e. The molecular weight excluding hydrogens is 388 g/mol. The first kappa shape index (κ1) is 19.7. The number of pyridine rings is 2. The summed E-state index contributed by atoms with van der Waals surface area (Å²) in [7, 11) is 0. The molecule has 2 atom stereocenters. The highest BCUT2D eigenvalue weighted by atomic mass is 16.1. The molecule has 2 aromatic heterocycles. The molecule has 0 saturated carbocycles. The Hall–Kier alpha value is -3.25. The van der Waals surface area contributed by atoms with Gasteiger partial charge < -0.3 is 9.88 Å². The van der Waals surface area contributed by atoms with Crippen LogP contribution < -0.4 is 10.9 Å². The van der Waals surface area contributed by atoms with Crippen molar-refractivity contribution in [1.29, 1.82) is 0 Å². The summed E-state index contributed by atoms with van der Waals surface area (Å²) in [6, 6.07) is 17.6. The van der Waals surface area contributed by atoms with Gasteiger partial charge in [0.25, 0.3) is 5.56 Å². The number of likely N-dealkylation sites (tertiary alicyclic amines) is 1. The van der Waals surface area contributed by atoms with Crippen LogP contribution in [-0.4, -0.2) is 33.4 Å². The van der Waals surface area contributed by atoms with E-state index in [9.17, 15) is 9.59 Å². The zero-order chi connectivity index (χ0) is 21.4. The molecule has 0 spiro atoms. The van der Waals surface area contributed by atoms with Crippen LogP contribution in [0.15, 0.2) is 65.6 Å². The van der Waals surface area contributed by atoms with Crippen molar-refractivity contribution >= 4 is 11.6 Å². The summed E-state index contributed by atoms with van der Waals surface area (Å²) >= 11 is 0. The molecule has 2 unspecified atom stereocenters. The molecule has 6 nitrogen and oxygen atoms in total. The van der Waals surface area contributed by atoms with E-state index in [0.717, 1.165) is 60.8 Å². The molecule has 5 rings (SSSR count). The lowest BCUT2D eigenvalue weighted by Crippen LogP contribution is -2.47. The lowest BCUT2D eigenvalue weighted by molar-refractivity contribution is -0.114. The first-order chi connectivity index (χ1) is 15.1. The molecule has 3 aromatic rings. The van der Waals surface area contributed by atoms with Gasteiger partial charge in [-0.05, 0) is 48.2 Å². The van der Waals surface area contributed by atoms with Crippen LogP contribution in [0, 0.1) is 5.92 Å². The highest BCUT2D eigenvalue weighted by molar-refractivity contribution is 5.89. The predicted molar refractivity (Wildman–Crippen MR) is 121 cm³/mol. The van der Waals surface area contributed by atoms with Gasteiger partial charge in [-0.25, -0.2) is 0 Å². The summed E-state index contributed by atoms with van der Waals surface area (Å²) in [4.78, 5) is 31.0. The van der Waals surface area contributed by atoms with E-state index in [0.29, 0.717) is 11.8 Å². The van der Waals surface area contributed by atoms with E-state index < -0.39 is 0 Å². The minimum absolute atomic E-state index is 0.0847. The van der Waals surface area contributed by atoms with Crippen molar-refractivity contribution in [3.8, 4) is 11.1 Å². The Morgan fingerprint density at radius 3 is 2.65 bits per heavy atom. The second kappa shape index (κ2) is 8.12. The number of fused-ring (bicyclic) bond motifs is 4. The number of nitrogens with zero attached hydrogens (tertiary/aromatic N) is 3. The fourth-order valence-corrected chi connectivity index (χ4v) is 5.14. The lowest BCUT2D eigenvalue weighted by Gasteiger charge is -2.43. The maximum Gasteiger partial charge on any atom is 0.250 e. The third-order valence-corrected chi connectivity index (χ3v) is 6.29. The number of anilines is 1. The van der Waals surface area contributed by atoms with E-state index in [1.165, 1.54) is 6.92 Å². The molecule has 158 valence electrons. The van der Waals surface area contributed by atoms with Crippen LogP contribution in [0.3, 0.4) is 0 Å². The van der Waals surface area contributed by atoms with E-state index in [1.54, 1.807) is 6.07 Å². The summed E-state index contributed by atoms with van der Waals surface area (Å²) in [5, 5.41) is 2.81. The van der Waals surface area contributed by atoms with Crippen molar-refractivity contribution in [2.45, 2.75) is 32.4 Å². The number of nitrogens with one attached hydrogen (secondary N) is 1. The van der Waals surface area contributed by atoms with Crippen molar-refractivity contribution in [2.75, 3.05) is 18.4 Å². The molecule has 1 amide bonds. The van der Waals surface area contributed by atoms with Gasteiger partial charge in [-0.3, -0.25) is 19.5 Å². The van der Waals surface area contributed by atoms with Crippen LogP contribution in [0.1, 0.15) is 30.7 Å². The highest BCUT2D eigenvalue weighted by Crippen LogP contribution is 2.40. The van der Waals surface area contributed by atoms with Gasteiger partial charge in [-0.1, -0.05) is 18.2 Å². The Morgan fingerprint density at radius 2 is 1.90 bits per heavy atom. The third kappa shape index (κ3) is 4.03. The number of hydrogen-bond donors (Lipinski definition) is 1.